The quantitative estimate of drug-likeness (QED) is 0.789. The van der Waals surface area contributed by atoms with Crippen molar-refractivity contribution in [3.05, 3.63) is 40.8 Å². The van der Waals surface area contributed by atoms with E-state index in [2.05, 4.69) is 25.9 Å². The Morgan fingerprint density at radius 2 is 2.00 bits per heavy atom. The highest BCUT2D eigenvalue weighted by molar-refractivity contribution is 9.10. The van der Waals surface area contributed by atoms with Crippen molar-refractivity contribution in [1.82, 2.24) is 14.9 Å². The molecular formula is C19H24BrN3O3. The number of carbonyl (C=O) groups excluding carboxylic acids is 1. The van der Waals surface area contributed by atoms with E-state index in [9.17, 15) is 4.79 Å². The summed E-state index contributed by atoms with van der Waals surface area (Å²) in [7, 11) is 1.66. The number of nitrogens with one attached hydrogen (secondary N) is 1. The lowest BCUT2D eigenvalue weighted by atomic mass is 10.1. The lowest BCUT2D eigenvalue weighted by Gasteiger charge is -2.27. The van der Waals surface area contributed by atoms with Crippen molar-refractivity contribution in [3.8, 4) is 11.3 Å². The number of aromatic nitrogens is 2. The molecule has 1 aliphatic rings. The maximum atomic E-state index is 12.6. The highest BCUT2D eigenvalue weighted by atomic mass is 79.9. The highest BCUT2D eigenvalue weighted by Crippen LogP contribution is 2.34. The minimum atomic E-state index is -0.543. The summed E-state index contributed by atoms with van der Waals surface area (Å²) in [6, 6.07) is 7.80. The maximum Gasteiger partial charge on any atom is 0.411 e. The number of ether oxygens (including phenoxy) is 2. The first-order valence-electron chi connectivity index (χ1n) is 8.60. The van der Waals surface area contributed by atoms with E-state index < -0.39 is 5.60 Å². The van der Waals surface area contributed by atoms with Gasteiger partial charge in [-0.2, -0.15) is 0 Å². The Kier molecular flexibility index (Phi) is 5.39. The number of aromatic amines is 1. The van der Waals surface area contributed by atoms with Crippen molar-refractivity contribution in [3.63, 3.8) is 0 Å². The smallest absolute Gasteiger partial charge is 0.411 e. The topological polar surface area (TPSA) is 67.5 Å². The Bertz CT molecular complexity index is 767. The second kappa shape index (κ2) is 7.40. The van der Waals surface area contributed by atoms with Crippen LogP contribution in [0.25, 0.3) is 11.3 Å². The Morgan fingerprint density at radius 3 is 2.62 bits per heavy atom. The van der Waals surface area contributed by atoms with Crippen LogP contribution in [0, 0.1) is 0 Å². The molecule has 0 radical (unpaired) electrons. The second-order valence-electron chi connectivity index (χ2n) is 7.43. The first kappa shape index (κ1) is 18.9. The molecule has 6 nitrogen and oxygen atoms in total. The van der Waals surface area contributed by atoms with Crippen LogP contribution in [-0.2, 0) is 9.47 Å². The molecular weight excluding hydrogens is 398 g/mol. The molecule has 0 saturated carbocycles. The van der Waals surface area contributed by atoms with E-state index in [1.54, 1.807) is 18.2 Å². The van der Waals surface area contributed by atoms with Crippen LogP contribution in [0.4, 0.5) is 4.79 Å². The zero-order chi connectivity index (χ0) is 18.9. The number of carbonyl (C=O) groups is 1. The number of hydrogen-bond acceptors (Lipinski definition) is 4. The van der Waals surface area contributed by atoms with E-state index in [0.717, 1.165) is 21.6 Å². The zero-order valence-electron chi connectivity index (χ0n) is 15.5. The fourth-order valence-corrected chi connectivity index (χ4v) is 3.30. The van der Waals surface area contributed by atoms with Crippen LogP contribution in [0.5, 0.6) is 0 Å². The molecule has 1 N–H and O–H groups in total. The van der Waals surface area contributed by atoms with Gasteiger partial charge in [-0.05, 0) is 38.5 Å². The number of methoxy groups -OCH3 is 1. The minimum absolute atomic E-state index is 0.0336. The lowest BCUT2D eigenvalue weighted by molar-refractivity contribution is 0.0190. The van der Waals surface area contributed by atoms with Gasteiger partial charge in [-0.3, -0.25) is 4.90 Å². The number of rotatable bonds is 3. The SMILES string of the molecule is COC1CC(c2ncc(-c3ccc(Br)cc3)[nH]2)N(C(=O)OC(C)(C)C)C1. The molecule has 7 heteroatoms. The molecule has 2 aromatic rings. The van der Waals surface area contributed by atoms with Gasteiger partial charge < -0.3 is 14.5 Å². The maximum absolute atomic E-state index is 12.6. The van der Waals surface area contributed by atoms with Crippen LogP contribution >= 0.6 is 15.9 Å². The summed E-state index contributed by atoms with van der Waals surface area (Å²) >= 11 is 3.44. The minimum Gasteiger partial charge on any atom is -0.444 e. The van der Waals surface area contributed by atoms with Gasteiger partial charge >= 0.3 is 6.09 Å². The molecule has 1 saturated heterocycles. The van der Waals surface area contributed by atoms with E-state index in [1.165, 1.54) is 0 Å². The Labute approximate surface area is 162 Å². The van der Waals surface area contributed by atoms with Crippen LogP contribution in [-0.4, -0.2) is 46.3 Å². The average molecular weight is 422 g/mol. The van der Waals surface area contributed by atoms with Gasteiger partial charge in [0.25, 0.3) is 0 Å². The van der Waals surface area contributed by atoms with Crippen molar-refractivity contribution < 1.29 is 14.3 Å². The third-order valence-electron chi connectivity index (χ3n) is 4.29. The summed E-state index contributed by atoms with van der Waals surface area (Å²) in [5.74, 6) is 0.744. The highest BCUT2D eigenvalue weighted by Gasteiger charge is 2.40. The van der Waals surface area contributed by atoms with Crippen LogP contribution in [0.1, 0.15) is 39.1 Å². The summed E-state index contributed by atoms with van der Waals surface area (Å²) in [4.78, 5) is 22.2. The largest absolute Gasteiger partial charge is 0.444 e. The number of amides is 1. The molecule has 0 spiro atoms. The number of nitrogens with zero attached hydrogens (tertiary/aromatic N) is 2. The average Bonchev–Trinajstić information content (AvgIpc) is 3.20. The van der Waals surface area contributed by atoms with Gasteiger partial charge in [-0.25, -0.2) is 9.78 Å². The van der Waals surface area contributed by atoms with Gasteiger partial charge in [0.05, 0.1) is 30.6 Å². The monoisotopic (exact) mass is 421 g/mol. The molecule has 1 aromatic carbocycles. The van der Waals surface area contributed by atoms with Crippen molar-refractivity contribution >= 4 is 22.0 Å². The number of halogens is 1. The molecule has 2 heterocycles. The third kappa shape index (κ3) is 4.27. The van der Waals surface area contributed by atoms with Gasteiger partial charge in [0, 0.05) is 18.0 Å². The van der Waals surface area contributed by atoms with E-state index in [0.29, 0.717) is 13.0 Å². The molecule has 2 atom stereocenters. The van der Waals surface area contributed by atoms with Gasteiger partial charge in [-0.15, -0.1) is 0 Å². The first-order chi connectivity index (χ1) is 12.3. The Hall–Kier alpha value is -1.86. The zero-order valence-corrected chi connectivity index (χ0v) is 17.0. The third-order valence-corrected chi connectivity index (χ3v) is 4.82. The van der Waals surface area contributed by atoms with Gasteiger partial charge in [0.2, 0.25) is 0 Å². The van der Waals surface area contributed by atoms with Crippen molar-refractivity contribution in [2.45, 2.75) is 44.9 Å². The summed E-state index contributed by atoms with van der Waals surface area (Å²) in [5.41, 5.74) is 1.41. The summed E-state index contributed by atoms with van der Waals surface area (Å²) < 4.78 is 12.1. The summed E-state index contributed by atoms with van der Waals surface area (Å²) in [6.07, 6.45) is 2.10. The number of hydrogen-bond donors (Lipinski definition) is 1. The van der Waals surface area contributed by atoms with E-state index >= 15 is 0 Å². The molecule has 3 rings (SSSR count). The van der Waals surface area contributed by atoms with Gasteiger partial charge in [0.15, 0.2) is 0 Å². The Balaban J connectivity index is 1.83. The predicted octanol–water partition coefficient (Wildman–Crippen LogP) is 4.54. The number of benzene rings is 1. The summed E-state index contributed by atoms with van der Waals surface area (Å²) in [6.45, 7) is 6.08. The van der Waals surface area contributed by atoms with E-state index in [4.69, 9.17) is 9.47 Å². The fraction of sp³-hybridized carbons (Fsp3) is 0.474. The van der Waals surface area contributed by atoms with E-state index in [-0.39, 0.29) is 18.2 Å². The predicted molar refractivity (Wildman–Crippen MR) is 103 cm³/mol. The van der Waals surface area contributed by atoms with E-state index in [1.807, 2.05) is 45.0 Å². The molecule has 140 valence electrons. The first-order valence-corrected chi connectivity index (χ1v) is 9.39. The molecule has 2 unspecified atom stereocenters. The molecule has 1 fully saturated rings. The second-order valence-corrected chi connectivity index (χ2v) is 8.35. The molecule has 1 aliphatic heterocycles. The van der Waals surface area contributed by atoms with Crippen LogP contribution in [0.15, 0.2) is 34.9 Å². The lowest BCUT2D eigenvalue weighted by Crippen LogP contribution is -2.37. The molecule has 0 aliphatic carbocycles. The molecule has 26 heavy (non-hydrogen) atoms. The normalized spacial score (nSPS) is 20.4. The fourth-order valence-electron chi connectivity index (χ4n) is 3.03. The van der Waals surface area contributed by atoms with Crippen LogP contribution in [0.2, 0.25) is 0 Å². The van der Waals surface area contributed by atoms with Crippen LogP contribution in [0.3, 0.4) is 0 Å². The Morgan fingerprint density at radius 1 is 1.31 bits per heavy atom. The van der Waals surface area contributed by atoms with Crippen molar-refractivity contribution in [1.29, 1.82) is 0 Å². The molecule has 1 aromatic heterocycles. The standard InChI is InChI=1S/C19H24BrN3O3/c1-19(2,3)26-18(24)23-11-14(25-4)9-16(23)17-21-10-15(22-17)12-5-7-13(20)8-6-12/h5-8,10,14,16H,9,11H2,1-4H3,(H,21,22). The number of imidazole rings is 1. The van der Waals surface area contributed by atoms with Crippen molar-refractivity contribution in [2.75, 3.05) is 13.7 Å². The van der Waals surface area contributed by atoms with Crippen molar-refractivity contribution in [2.24, 2.45) is 0 Å². The summed E-state index contributed by atoms with van der Waals surface area (Å²) in [5, 5.41) is 0. The number of likely N-dealkylation sites (tertiary alicyclic amines) is 1. The van der Waals surface area contributed by atoms with Gasteiger partial charge in [-0.1, -0.05) is 28.1 Å². The van der Waals surface area contributed by atoms with Crippen LogP contribution < -0.4 is 0 Å². The van der Waals surface area contributed by atoms with Gasteiger partial charge in [0.1, 0.15) is 11.4 Å². The number of H-pyrrole nitrogens is 1. The molecule has 0 bridgehead atoms. The molecule has 1 amide bonds.